The highest BCUT2D eigenvalue weighted by molar-refractivity contribution is 6.38. The van der Waals surface area contributed by atoms with E-state index in [0.717, 1.165) is 10.5 Å². The standard InChI is InChI=1S/C23H27N3O5/c1-5-24-12-13-25(22(28)21(24)27)23(29)26(17-8-10-18(30-4)11-9-17)19(15-16(2)3)20-7-6-14-31-20/h6-11,14,19H,2,5,12-13,15H2,1,3-4H3. The van der Waals surface area contributed by atoms with Gasteiger partial charge in [0.2, 0.25) is 0 Å². The second-order valence-electron chi connectivity index (χ2n) is 7.38. The second kappa shape index (κ2) is 9.51. The number of amides is 4. The molecular formula is C23H27N3O5. The molecule has 1 aliphatic rings. The van der Waals surface area contributed by atoms with Crippen molar-refractivity contribution in [2.45, 2.75) is 26.3 Å². The molecule has 2 aromatic rings. The number of ether oxygens (including phenoxy) is 1. The molecule has 0 aliphatic carbocycles. The van der Waals surface area contributed by atoms with Crippen LogP contribution in [0.15, 0.2) is 59.2 Å². The number of anilines is 1. The number of imide groups is 1. The van der Waals surface area contributed by atoms with Gasteiger partial charge in [-0.3, -0.25) is 19.4 Å². The maximum atomic E-state index is 13.7. The number of hydrogen-bond acceptors (Lipinski definition) is 5. The van der Waals surface area contributed by atoms with Crippen molar-refractivity contribution >= 4 is 23.5 Å². The molecule has 1 unspecified atom stereocenters. The Hall–Kier alpha value is -3.55. The van der Waals surface area contributed by atoms with Crippen LogP contribution < -0.4 is 9.64 Å². The number of benzene rings is 1. The number of rotatable bonds is 7. The van der Waals surface area contributed by atoms with Crippen LogP contribution in [0, 0.1) is 0 Å². The first-order valence-electron chi connectivity index (χ1n) is 10.1. The molecule has 31 heavy (non-hydrogen) atoms. The van der Waals surface area contributed by atoms with Gasteiger partial charge in [-0.25, -0.2) is 4.79 Å². The highest BCUT2D eigenvalue weighted by Crippen LogP contribution is 2.34. The van der Waals surface area contributed by atoms with E-state index in [2.05, 4.69) is 6.58 Å². The minimum atomic E-state index is -0.829. The fraction of sp³-hybridized carbons (Fsp3) is 0.348. The number of methoxy groups -OCH3 is 1. The summed E-state index contributed by atoms with van der Waals surface area (Å²) in [6.45, 7) is 8.49. The topological polar surface area (TPSA) is 83.3 Å². The lowest BCUT2D eigenvalue weighted by atomic mass is 10.0. The Bertz CT molecular complexity index is 952. The monoisotopic (exact) mass is 425 g/mol. The quantitative estimate of drug-likeness (QED) is 0.500. The van der Waals surface area contributed by atoms with Crippen LogP contribution in [-0.2, 0) is 9.59 Å². The summed E-state index contributed by atoms with van der Waals surface area (Å²) in [4.78, 5) is 42.7. The normalized spacial score (nSPS) is 15.1. The first kappa shape index (κ1) is 22.1. The molecule has 1 atom stereocenters. The summed E-state index contributed by atoms with van der Waals surface area (Å²) in [5, 5.41) is 0. The van der Waals surface area contributed by atoms with E-state index in [-0.39, 0.29) is 6.54 Å². The molecule has 0 N–H and O–H groups in total. The van der Waals surface area contributed by atoms with Crippen molar-refractivity contribution in [1.82, 2.24) is 9.80 Å². The molecule has 0 radical (unpaired) electrons. The van der Waals surface area contributed by atoms with Gasteiger partial charge in [0.05, 0.1) is 13.4 Å². The number of urea groups is 1. The Labute approximate surface area is 181 Å². The Morgan fingerprint density at radius 2 is 1.90 bits per heavy atom. The largest absolute Gasteiger partial charge is 0.497 e. The van der Waals surface area contributed by atoms with Crippen molar-refractivity contribution in [3.63, 3.8) is 0 Å². The van der Waals surface area contributed by atoms with Gasteiger partial charge in [-0.2, -0.15) is 0 Å². The number of nitrogens with zero attached hydrogens (tertiary/aromatic N) is 3. The van der Waals surface area contributed by atoms with Crippen molar-refractivity contribution < 1.29 is 23.5 Å². The lowest BCUT2D eigenvalue weighted by molar-refractivity contribution is -0.153. The van der Waals surface area contributed by atoms with Crippen LogP contribution in [0.3, 0.4) is 0 Å². The molecule has 2 heterocycles. The number of hydrogen-bond donors (Lipinski definition) is 0. The van der Waals surface area contributed by atoms with Gasteiger partial charge >= 0.3 is 17.8 Å². The van der Waals surface area contributed by atoms with Gasteiger partial charge in [0.15, 0.2) is 0 Å². The van der Waals surface area contributed by atoms with Gasteiger partial charge in [-0.15, -0.1) is 6.58 Å². The number of piperazine rings is 1. The molecule has 8 nitrogen and oxygen atoms in total. The molecule has 8 heteroatoms. The van der Waals surface area contributed by atoms with E-state index >= 15 is 0 Å². The summed E-state index contributed by atoms with van der Waals surface area (Å²) in [6.07, 6.45) is 1.95. The maximum absolute atomic E-state index is 13.7. The van der Waals surface area contributed by atoms with Crippen LogP contribution in [0.25, 0.3) is 0 Å². The van der Waals surface area contributed by atoms with Crippen LogP contribution in [0.4, 0.5) is 10.5 Å². The zero-order valence-corrected chi connectivity index (χ0v) is 18.0. The predicted molar refractivity (Wildman–Crippen MR) is 116 cm³/mol. The van der Waals surface area contributed by atoms with E-state index in [0.29, 0.717) is 36.7 Å². The SMILES string of the molecule is C=C(C)CC(c1ccco1)N(C(=O)N1CCN(CC)C(=O)C1=O)c1ccc(OC)cc1. The molecular weight excluding hydrogens is 398 g/mol. The summed E-state index contributed by atoms with van der Waals surface area (Å²) in [7, 11) is 1.56. The minimum Gasteiger partial charge on any atom is -0.497 e. The number of furan rings is 1. The van der Waals surface area contributed by atoms with E-state index < -0.39 is 23.9 Å². The Morgan fingerprint density at radius 1 is 1.19 bits per heavy atom. The van der Waals surface area contributed by atoms with Crippen LogP contribution in [0.5, 0.6) is 5.75 Å². The molecule has 0 saturated carbocycles. The Morgan fingerprint density at radius 3 is 2.45 bits per heavy atom. The summed E-state index contributed by atoms with van der Waals surface area (Å²) in [5.74, 6) is -0.317. The van der Waals surface area contributed by atoms with E-state index in [4.69, 9.17) is 9.15 Å². The summed E-state index contributed by atoms with van der Waals surface area (Å²) >= 11 is 0. The molecule has 1 aromatic heterocycles. The molecule has 3 rings (SSSR count). The van der Waals surface area contributed by atoms with Gasteiger partial charge in [0, 0.05) is 25.3 Å². The first-order valence-corrected chi connectivity index (χ1v) is 10.1. The summed E-state index contributed by atoms with van der Waals surface area (Å²) in [6, 6.07) is 9.34. The number of likely N-dealkylation sites (N-methyl/N-ethyl adjacent to an activating group) is 1. The minimum absolute atomic E-state index is 0.127. The molecule has 1 saturated heterocycles. The fourth-order valence-corrected chi connectivity index (χ4v) is 3.59. The third-order valence-corrected chi connectivity index (χ3v) is 5.20. The van der Waals surface area contributed by atoms with E-state index in [1.807, 2.05) is 6.92 Å². The zero-order chi connectivity index (χ0) is 22.5. The Kier molecular flexibility index (Phi) is 6.79. The molecule has 1 aromatic carbocycles. The molecule has 0 bridgehead atoms. The van der Waals surface area contributed by atoms with Crippen LogP contribution >= 0.6 is 0 Å². The molecule has 164 valence electrons. The van der Waals surface area contributed by atoms with Crippen molar-refractivity contribution in [1.29, 1.82) is 0 Å². The molecule has 1 aliphatic heterocycles. The lowest BCUT2D eigenvalue weighted by Crippen LogP contribution is -2.59. The van der Waals surface area contributed by atoms with Crippen LogP contribution in [0.1, 0.15) is 32.1 Å². The van der Waals surface area contributed by atoms with Crippen molar-refractivity contribution in [2.24, 2.45) is 0 Å². The smallest absolute Gasteiger partial charge is 0.332 e. The average molecular weight is 425 g/mol. The zero-order valence-electron chi connectivity index (χ0n) is 18.0. The van der Waals surface area contributed by atoms with E-state index in [1.165, 1.54) is 16.1 Å². The fourth-order valence-electron chi connectivity index (χ4n) is 3.59. The van der Waals surface area contributed by atoms with Crippen molar-refractivity contribution in [3.8, 4) is 5.75 Å². The third-order valence-electron chi connectivity index (χ3n) is 5.20. The third kappa shape index (κ3) is 4.63. The number of carbonyl (C=O) groups is 3. The molecule has 4 amide bonds. The van der Waals surface area contributed by atoms with Gasteiger partial charge in [-0.1, -0.05) is 5.57 Å². The average Bonchev–Trinajstić information content (AvgIpc) is 3.30. The lowest BCUT2D eigenvalue weighted by Gasteiger charge is -2.38. The van der Waals surface area contributed by atoms with Gasteiger partial charge in [0.25, 0.3) is 0 Å². The second-order valence-corrected chi connectivity index (χ2v) is 7.38. The molecule has 1 fully saturated rings. The first-order chi connectivity index (χ1) is 14.9. The highest BCUT2D eigenvalue weighted by atomic mass is 16.5. The Balaban J connectivity index is 2.04. The predicted octanol–water partition coefficient (Wildman–Crippen LogP) is 3.61. The van der Waals surface area contributed by atoms with E-state index in [1.54, 1.807) is 50.4 Å². The summed E-state index contributed by atoms with van der Waals surface area (Å²) < 4.78 is 10.9. The van der Waals surface area contributed by atoms with Crippen molar-refractivity contribution in [2.75, 3.05) is 31.6 Å². The highest BCUT2D eigenvalue weighted by Gasteiger charge is 2.40. The van der Waals surface area contributed by atoms with Gasteiger partial charge < -0.3 is 14.1 Å². The molecule has 0 spiro atoms. The number of carbonyl (C=O) groups excluding carboxylic acids is 3. The van der Waals surface area contributed by atoms with Crippen molar-refractivity contribution in [3.05, 3.63) is 60.6 Å². The van der Waals surface area contributed by atoms with E-state index in [9.17, 15) is 14.4 Å². The van der Waals surface area contributed by atoms with Gasteiger partial charge in [-0.05, 0) is 56.7 Å². The van der Waals surface area contributed by atoms with Crippen LogP contribution in [0.2, 0.25) is 0 Å². The summed E-state index contributed by atoms with van der Waals surface area (Å²) in [5.41, 5.74) is 1.39. The van der Waals surface area contributed by atoms with Gasteiger partial charge in [0.1, 0.15) is 17.6 Å². The van der Waals surface area contributed by atoms with Crippen LogP contribution in [-0.4, -0.2) is 54.4 Å². The maximum Gasteiger partial charge on any atom is 0.332 e.